The molecule has 2 N–H and O–H groups in total. The molecule has 3 heteroatoms. The van der Waals surface area contributed by atoms with Crippen LogP contribution in [0.1, 0.15) is 11.3 Å². The first kappa shape index (κ1) is 6.29. The molecule has 0 fully saturated rings. The maximum Gasteiger partial charge on any atom is 0.116 e. The number of H-pyrrole nitrogens is 1. The summed E-state index contributed by atoms with van der Waals surface area (Å²) in [4.78, 5) is 0. The normalized spacial score (nSPS) is 10.0. The van der Waals surface area contributed by atoms with Gasteiger partial charge in [-0.05, 0) is 13.3 Å². The van der Waals surface area contributed by atoms with E-state index in [-0.39, 0.29) is 6.61 Å². The van der Waals surface area contributed by atoms with Crippen LogP contribution in [0.25, 0.3) is 0 Å². The highest BCUT2D eigenvalue weighted by molar-refractivity contribution is 5.12. The zero-order valence-corrected chi connectivity index (χ0v) is 5.31. The second-order valence-corrected chi connectivity index (χ2v) is 1.91. The van der Waals surface area contributed by atoms with Crippen molar-refractivity contribution in [2.75, 3.05) is 6.61 Å². The van der Waals surface area contributed by atoms with Gasteiger partial charge in [-0.3, -0.25) is 5.10 Å². The molecule has 0 aromatic carbocycles. The molecule has 1 rings (SSSR count). The van der Waals surface area contributed by atoms with E-state index in [1.54, 1.807) is 0 Å². The van der Waals surface area contributed by atoms with Crippen LogP contribution in [0.3, 0.4) is 0 Å². The fourth-order valence-corrected chi connectivity index (χ4v) is 0.686. The predicted molar refractivity (Wildman–Crippen MR) is 33.0 cm³/mol. The molecule has 3 nitrogen and oxygen atoms in total. The summed E-state index contributed by atoms with van der Waals surface area (Å²) >= 11 is 0. The molecule has 0 unspecified atom stereocenters. The van der Waals surface area contributed by atoms with Crippen LogP contribution < -0.4 is 0 Å². The van der Waals surface area contributed by atoms with Crippen molar-refractivity contribution in [3.8, 4) is 0 Å². The lowest BCUT2D eigenvalue weighted by atomic mass is 10.2. The van der Waals surface area contributed by atoms with Crippen molar-refractivity contribution < 1.29 is 5.11 Å². The number of aryl methyl sites for hydroxylation is 1. The largest absolute Gasteiger partial charge is 0.396 e. The van der Waals surface area contributed by atoms with Gasteiger partial charge in [0.05, 0.1) is 0 Å². The van der Waals surface area contributed by atoms with E-state index in [9.17, 15) is 0 Å². The van der Waals surface area contributed by atoms with Crippen LogP contribution in [0.4, 0.5) is 0 Å². The zero-order valence-electron chi connectivity index (χ0n) is 5.31. The molecule has 0 aliphatic rings. The molecule has 1 heterocycles. The molecule has 0 saturated heterocycles. The highest BCUT2D eigenvalue weighted by Crippen LogP contribution is 2.00. The maximum absolute atomic E-state index is 8.50. The van der Waals surface area contributed by atoms with Gasteiger partial charge in [-0.25, -0.2) is 0 Å². The Labute approximate surface area is 53.7 Å². The fraction of sp³-hybridized carbons (Fsp3) is 0.500. The first-order valence-corrected chi connectivity index (χ1v) is 2.87. The minimum atomic E-state index is 0.164. The number of rotatable bonds is 2. The van der Waals surface area contributed by atoms with Crippen LogP contribution in [0.2, 0.25) is 0 Å². The lowest BCUT2D eigenvalue weighted by Gasteiger charge is -1.90. The second-order valence-electron chi connectivity index (χ2n) is 1.91. The van der Waals surface area contributed by atoms with E-state index in [4.69, 9.17) is 5.11 Å². The first-order chi connectivity index (χ1) is 4.34. The number of nitrogens with one attached hydrogen (secondary N) is 1. The van der Waals surface area contributed by atoms with Crippen molar-refractivity contribution in [2.24, 2.45) is 0 Å². The van der Waals surface area contributed by atoms with Crippen molar-refractivity contribution in [1.29, 1.82) is 0 Å². The predicted octanol–water partition coefficient (Wildman–Crippen LogP) is 0.0531. The molecule has 1 radical (unpaired) electrons. The number of hydrogen-bond donors (Lipinski definition) is 2. The van der Waals surface area contributed by atoms with E-state index in [0.717, 1.165) is 11.3 Å². The number of aliphatic hydroxyl groups excluding tert-OH is 1. The summed E-state index contributed by atoms with van der Waals surface area (Å²) < 4.78 is 0. The number of aliphatic hydroxyl groups is 1. The third-order valence-electron chi connectivity index (χ3n) is 1.23. The van der Waals surface area contributed by atoms with Crippen LogP contribution in [0.5, 0.6) is 0 Å². The van der Waals surface area contributed by atoms with Gasteiger partial charge in [0.2, 0.25) is 0 Å². The zero-order chi connectivity index (χ0) is 6.69. The quantitative estimate of drug-likeness (QED) is 0.587. The average molecular weight is 125 g/mol. The highest BCUT2D eigenvalue weighted by atomic mass is 16.2. The minimum Gasteiger partial charge on any atom is -0.396 e. The number of aromatic nitrogens is 2. The maximum atomic E-state index is 8.50. The van der Waals surface area contributed by atoms with E-state index in [1.807, 2.05) is 6.92 Å². The fourth-order valence-electron chi connectivity index (χ4n) is 0.686. The molecule has 0 atom stereocenters. The van der Waals surface area contributed by atoms with Crippen molar-refractivity contribution in [2.45, 2.75) is 13.3 Å². The number of hydrogen-bond acceptors (Lipinski definition) is 2. The van der Waals surface area contributed by atoms with Crippen LogP contribution in [0.15, 0.2) is 0 Å². The van der Waals surface area contributed by atoms with E-state index in [0.29, 0.717) is 6.42 Å². The molecule has 0 bridgehead atoms. The minimum absolute atomic E-state index is 0.164. The first-order valence-electron chi connectivity index (χ1n) is 2.87. The Balaban J connectivity index is 2.69. The van der Waals surface area contributed by atoms with Gasteiger partial charge in [-0.15, -0.1) is 0 Å². The van der Waals surface area contributed by atoms with Gasteiger partial charge in [0, 0.05) is 17.9 Å². The summed E-state index contributed by atoms with van der Waals surface area (Å²) in [6.45, 7) is 2.07. The number of aromatic amines is 1. The van der Waals surface area contributed by atoms with E-state index in [2.05, 4.69) is 16.4 Å². The van der Waals surface area contributed by atoms with Crippen molar-refractivity contribution in [1.82, 2.24) is 10.2 Å². The summed E-state index contributed by atoms with van der Waals surface area (Å²) in [5.41, 5.74) is 1.96. The molecule has 0 saturated carbocycles. The summed E-state index contributed by atoms with van der Waals surface area (Å²) in [5, 5.41) is 14.9. The van der Waals surface area contributed by atoms with Gasteiger partial charge in [-0.1, -0.05) is 0 Å². The Morgan fingerprint density at radius 3 is 3.00 bits per heavy atom. The van der Waals surface area contributed by atoms with Gasteiger partial charge in [0.15, 0.2) is 0 Å². The van der Waals surface area contributed by atoms with E-state index in [1.165, 1.54) is 0 Å². The summed E-state index contributed by atoms with van der Waals surface area (Å²) in [6.07, 6.45) is 3.38. The van der Waals surface area contributed by atoms with E-state index < -0.39 is 0 Å². The molecular formula is C6H9N2O. The standard InChI is InChI=1S/C6H9N2O/c1-5-6(2-3-9)4-7-8-5/h9H,2-3H2,1H3,(H,7,8). The molecule has 0 amide bonds. The third-order valence-corrected chi connectivity index (χ3v) is 1.23. The van der Waals surface area contributed by atoms with Crippen LogP contribution in [0, 0.1) is 13.1 Å². The highest BCUT2D eigenvalue weighted by Gasteiger charge is 1.97. The van der Waals surface area contributed by atoms with Crippen LogP contribution in [-0.2, 0) is 6.42 Å². The van der Waals surface area contributed by atoms with Crippen molar-refractivity contribution >= 4 is 0 Å². The smallest absolute Gasteiger partial charge is 0.116 e. The van der Waals surface area contributed by atoms with Gasteiger partial charge >= 0.3 is 0 Å². The molecule has 0 aliphatic heterocycles. The van der Waals surface area contributed by atoms with Crippen molar-refractivity contribution in [3.63, 3.8) is 0 Å². The Kier molecular flexibility index (Phi) is 1.85. The number of nitrogens with zero attached hydrogens (tertiary/aromatic N) is 1. The summed E-state index contributed by atoms with van der Waals surface area (Å²) in [7, 11) is 0. The average Bonchev–Trinajstić information content (AvgIpc) is 2.18. The molecule has 0 aliphatic carbocycles. The Bertz CT molecular complexity index is 183. The van der Waals surface area contributed by atoms with Crippen molar-refractivity contribution in [3.05, 3.63) is 17.5 Å². The molecule has 1 aromatic heterocycles. The Morgan fingerprint density at radius 1 is 1.78 bits per heavy atom. The Morgan fingerprint density at radius 2 is 2.56 bits per heavy atom. The van der Waals surface area contributed by atoms with Gasteiger partial charge in [-0.2, -0.15) is 5.10 Å². The van der Waals surface area contributed by atoms with Gasteiger partial charge in [0.1, 0.15) is 6.20 Å². The van der Waals surface area contributed by atoms with Gasteiger partial charge in [0.25, 0.3) is 0 Å². The molecule has 0 spiro atoms. The van der Waals surface area contributed by atoms with Gasteiger partial charge < -0.3 is 5.11 Å². The lowest BCUT2D eigenvalue weighted by molar-refractivity contribution is 0.299. The molecule has 1 aromatic rings. The Hall–Kier alpha value is -0.830. The van der Waals surface area contributed by atoms with Crippen LogP contribution >= 0.6 is 0 Å². The van der Waals surface area contributed by atoms with E-state index >= 15 is 0 Å². The third kappa shape index (κ3) is 1.29. The molecule has 9 heavy (non-hydrogen) atoms. The topological polar surface area (TPSA) is 48.9 Å². The molecular weight excluding hydrogens is 116 g/mol. The summed E-state index contributed by atoms with van der Waals surface area (Å²) in [6, 6.07) is 0. The lowest BCUT2D eigenvalue weighted by Crippen LogP contribution is -1.90. The SMILES string of the molecule is Cc1[nH]n[c]c1CCO. The second kappa shape index (κ2) is 2.64. The van der Waals surface area contributed by atoms with Crippen LogP contribution in [-0.4, -0.2) is 21.9 Å². The monoisotopic (exact) mass is 125 g/mol. The summed E-state index contributed by atoms with van der Waals surface area (Å²) in [5.74, 6) is 0. The molecule has 49 valence electrons.